The van der Waals surface area contributed by atoms with Gasteiger partial charge in [0.05, 0.1) is 24.3 Å². The highest BCUT2D eigenvalue weighted by molar-refractivity contribution is 6.23. The number of imide groups is 1. The molecular weight excluding hydrogens is 360 g/mol. The second-order valence-electron chi connectivity index (χ2n) is 6.41. The summed E-state index contributed by atoms with van der Waals surface area (Å²) in [4.78, 5) is 38.0. The van der Waals surface area contributed by atoms with Crippen LogP contribution in [0.1, 0.15) is 29.3 Å². The SMILES string of the molecule is CCOC(=O)c1ccc(N2C(=O)C[C@@H](Nc3ccc(CCO)cc3)C2=O)cc1. The molecule has 0 aliphatic carbocycles. The number of aliphatic hydroxyl groups is 1. The topological polar surface area (TPSA) is 95.9 Å². The fraction of sp³-hybridized carbons (Fsp3) is 0.286. The molecule has 1 aliphatic heterocycles. The first-order chi connectivity index (χ1) is 13.5. The first kappa shape index (κ1) is 19.6. The van der Waals surface area contributed by atoms with Crippen molar-refractivity contribution in [3.63, 3.8) is 0 Å². The van der Waals surface area contributed by atoms with E-state index in [0.717, 1.165) is 16.2 Å². The van der Waals surface area contributed by atoms with Gasteiger partial charge in [0.25, 0.3) is 5.91 Å². The standard InChI is InChI=1S/C21H22N2O5/c1-2-28-21(27)15-5-9-17(10-6-15)23-19(25)13-18(20(23)26)22-16-7-3-14(4-8-16)11-12-24/h3-10,18,22,24H,2,11-13H2,1H3/t18-/m1/s1. The zero-order valence-corrected chi connectivity index (χ0v) is 15.6. The van der Waals surface area contributed by atoms with Crippen molar-refractivity contribution in [2.24, 2.45) is 0 Å². The summed E-state index contributed by atoms with van der Waals surface area (Å²) in [5.74, 6) is -1.09. The molecule has 1 heterocycles. The third kappa shape index (κ3) is 4.20. The Labute approximate surface area is 162 Å². The molecule has 1 atom stereocenters. The number of carbonyl (C=O) groups excluding carboxylic acids is 3. The summed E-state index contributed by atoms with van der Waals surface area (Å²) in [7, 11) is 0. The van der Waals surface area contributed by atoms with Crippen molar-refractivity contribution in [3.8, 4) is 0 Å². The zero-order valence-electron chi connectivity index (χ0n) is 15.6. The van der Waals surface area contributed by atoms with Crippen molar-refractivity contribution in [3.05, 3.63) is 59.7 Å². The molecule has 0 spiro atoms. The number of ether oxygens (including phenoxy) is 1. The molecule has 1 fully saturated rings. The number of nitrogens with one attached hydrogen (secondary N) is 1. The molecule has 0 aromatic heterocycles. The number of aliphatic hydroxyl groups excluding tert-OH is 1. The van der Waals surface area contributed by atoms with Gasteiger partial charge in [-0.05, 0) is 55.3 Å². The first-order valence-electron chi connectivity index (χ1n) is 9.13. The van der Waals surface area contributed by atoms with E-state index >= 15 is 0 Å². The maximum Gasteiger partial charge on any atom is 0.338 e. The first-order valence-corrected chi connectivity index (χ1v) is 9.13. The number of amides is 2. The van der Waals surface area contributed by atoms with E-state index in [2.05, 4.69) is 5.32 Å². The predicted octanol–water partition coefficient (Wildman–Crippen LogP) is 2.14. The summed E-state index contributed by atoms with van der Waals surface area (Å²) in [6, 6.07) is 12.9. The number of esters is 1. The van der Waals surface area contributed by atoms with Gasteiger partial charge in [0.1, 0.15) is 6.04 Å². The van der Waals surface area contributed by atoms with Crippen molar-refractivity contribution < 1.29 is 24.2 Å². The van der Waals surface area contributed by atoms with E-state index in [0.29, 0.717) is 17.7 Å². The fourth-order valence-corrected chi connectivity index (χ4v) is 3.07. The van der Waals surface area contributed by atoms with Gasteiger partial charge >= 0.3 is 5.97 Å². The maximum absolute atomic E-state index is 12.7. The van der Waals surface area contributed by atoms with Gasteiger partial charge in [0, 0.05) is 12.3 Å². The Morgan fingerprint density at radius 3 is 2.43 bits per heavy atom. The second kappa shape index (κ2) is 8.67. The number of benzene rings is 2. The Morgan fingerprint density at radius 1 is 1.14 bits per heavy atom. The third-order valence-corrected chi connectivity index (χ3v) is 4.48. The summed E-state index contributed by atoms with van der Waals surface area (Å²) >= 11 is 0. The zero-order chi connectivity index (χ0) is 20.1. The number of carbonyl (C=O) groups is 3. The molecule has 28 heavy (non-hydrogen) atoms. The molecule has 0 unspecified atom stereocenters. The number of rotatable bonds is 7. The van der Waals surface area contributed by atoms with E-state index in [1.54, 1.807) is 19.1 Å². The molecule has 7 heteroatoms. The molecule has 2 N–H and O–H groups in total. The van der Waals surface area contributed by atoms with Gasteiger partial charge in [-0.1, -0.05) is 12.1 Å². The van der Waals surface area contributed by atoms with Crippen LogP contribution in [-0.2, 0) is 20.7 Å². The monoisotopic (exact) mass is 382 g/mol. The van der Waals surface area contributed by atoms with Gasteiger partial charge in [-0.3, -0.25) is 9.59 Å². The van der Waals surface area contributed by atoms with Crippen molar-refractivity contribution in [2.75, 3.05) is 23.4 Å². The van der Waals surface area contributed by atoms with Gasteiger partial charge in [0.15, 0.2) is 0 Å². The summed E-state index contributed by atoms with van der Waals surface area (Å²) in [6.45, 7) is 2.07. The Bertz CT molecular complexity index is 861. The smallest absolute Gasteiger partial charge is 0.338 e. The summed E-state index contributed by atoms with van der Waals surface area (Å²) < 4.78 is 4.93. The lowest BCUT2D eigenvalue weighted by Crippen LogP contribution is -2.34. The highest BCUT2D eigenvalue weighted by atomic mass is 16.5. The maximum atomic E-state index is 12.7. The lowest BCUT2D eigenvalue weighted by Gasteiger charge is -2.16. The van der Waals surface area contributed by atoms with Gasteiger partial charge in [-0.15, -0.1) is 0 Å². The number of hydrogen-bond donors (Lipinski definition) is 2. The summed E-state index contributed by atoms with van der Waals surface area (Å²) in [6.07, 6.45) is 0.619. The summed E-state index contributed by atoms with van der Waals surface area (Å²) in [5.41, 5.74) is 2.51. The van der Waals surface area contributed by atoms with Crippen LogP contribution in [0.25, 0.3) is 0 Å². The third-order valence-electron chi connectivity index (χ3n) is 4.48. The van der Waals surface area contributed by atoms with E-state index in [1.165, 1.54) is 12.1 Å². The van der Waals surface area contributed by atoms with E-state index in [9.17, 15) is 14.4 Å². The van der Waals surface area contributed by atoms with Crippen LogP contribution in [0.4, 0.5) is 11.4 Å². The second-order valence-corrected chi connectivity index (χ2v) is 6.41. The quantitative estimate of drug-likeness (QED) is 0.563. The molecule has 3 rings (SSSR count). The van der Waals surface area contributed by atoms with Crippen LogP contribution in [0, 0.1) is 0 Å². The molecule has 0 saturated carbocycles. The van der Waals surface area contributed by atoms with E-state index < -0.39 is 12.0 Å². The average Bonchev–Trinajstić information content (AvgIpc) is 2.97. The molecule has 7 nitrogen and oxygen atoms in total. The number of hydrogen-bond acceptors (Lipinski definition) is 6. The highest BCUT2D eigenvalue weighted by Crippen LogP contribution is 2.25. The number of nitrogens with zero attached hydrogens (tertiary/aromatic N) is 1. The van der Waals surface area contributed by atoms with Crippen molar-refractivity contribution in [2.45, 2.75) is 25.8 Å². The van der Waals surface area contributed by atoms with Crippen molar-refractivity contribution >= 4 is 29.2 Å². The minimum atomic E-state index is -0.652. The molecule has 1 saturated heterocycles. The molecule has 2 amide bonds. The van der Waals surface area contributed by atoms with Crippen LogP contribution < -0.4 is 10.2 Å². The van der Waals surface area contributed by atoms with E-state index in [-0.39, 0.29) is 31.4 Å². The Kier molecular flexibility index (Phi) is 6.06. The van der Waals surface area contributed by atoms with Crippen LogP contribution in [0.5, 0.6) is 0 Å². The largest absolute Gasteiger partial charge is 0.462 e. The molecule has 0 bridgehead atoms. The highest BCUT2D eigenvalue weighted by Gasteiger charge is 2.39. The Hall–Kier alpha value is -3.19. The van der Waals surface area contributed by atoms with Gasteiger partial charge in [0.2, 0.25) is 5.91 Å². The van der Waals surface area contributed by atoms with Crippen LogP contribution in [0.15, 0.2) is 48.5 Å². The minimum Gasteiger partial charge on any atom is -0.462 e. The van der Waals surface area contributed by atoms with Crippen LogP contribution >= 0.6 is 0 Å². The molecule has 2 aromatic rings. The van der Waals surface area contributed by atoms with Gasteiger partial charge in [-0.25, -0.2) is 9.69 Å². The van der Waals surface area contributed by atoms with E-state index in [1.807, 2.05) is 24.3 Å². The normalized spacial score (nSPS) is 16.4. The molecular formula is C21H22N2O5. The molecule has 146 valence electrons. The lowest BCUT2D eigenvalue weighted by molar-refractivity contribution is -0.121. The molecule has 1 aliphatic rings. The van der Waals surface area contributed by atoms with Gasteiger partial charge in [-0.2, -0.15) is 0 Å². The minimum absolute atomic E-state index is 0.0524. The summed E-state index contributed by atoms with van der Waals surface area (Å²) in [5, 5.41) is 12.1. The Morgan fingerprint density at radius 2 is 1.82 bits per heavy atom. The fourth-order valence-electron chi connectivity index (χ4n) is 3.07. The van der Waals surface area contributed by atoms with Crippen LogP contribution in [-0.4, -0.2) is 42.1 Å². The van der Waals surface area contributed by atoms with Crippen molar-refractivity contribution in [1.29, 1.82) is 0 Å². The average molecular weight is 382 g/mol. The number of anilines is 2. The van der Waals surface area contributed by atoms with E-state index in [4.69, 9.17) is 9.84 Å². The van der Waals surface area contributed by atoms with Crippen molar-refractivity contribution in [1.82, 2.24) is 0 Å². The Balaban J connectivity index is 1.70. The van der Waals surface area contributed by atoms with Crippen LogP contribution in [0.3, 0.4) is 0 Å². The molecule has 0 radical (unpaired) electrons. The predicted molar refractivity (Wildman–Crippen MR) is 104 cm³/mol. The molecule has 2 aromatic carbocycles. The lowest BCUT2D eigenvalue weighted by atomic mass is 10.1. The van der Waals surface area contributed by atoms with Crippen LogP contribution in [0.2, 0.25) is 0 Å². The van der Waals surface area contributed by atoms with Gasteiger partial charge < -0.3 is 15.2 Å².